The smallest absolute Gasteiger partial charge is 0.315 e. The molecule has 1 aromatic carbocycles. The number of benzene rings is 1. The van der Waals surface area contributed by atoms with Gasteiger partial charge in [0.25, 0.3) is 0 Å². The molecular weight excluding hydrogens is 314 g/mol. The molecule has 25 heavy (non-hydrogen) atoms. The summed E-state index contributed by atoms with van der Waals surface area (Å²) in [5, 5.41) is 6.21. The molecule has 2 N–H and O–H groups in total. The Kier molecular flexibility index (Phi) is 6.70. The maximum absolute atomic E-state index is 12.3. The lowest BCUT2D eigenvalue weighted by molar-refractivity contribution is 0.0416. The quantitative estimate of drug-likeness (QED) is 0.807. The zero-order valence-electron chi connectivity index (χ0n) is 15.3. The predicted molar refractivity (Wildman–Crippen MR) is 99.7 cm³/mol. The van der Waals surface area contributed by atoms with Crippen molar-refractivity contribution >= 4 is 6.03 Å². The number of carbonyl (C=O) groups is 1. The second-order valence-electron chi connectivity index (χ2n) is 7.17. The number of piperidine rings is 1. The molecule has 5 nitrogen and oxygen atoms in total. The van der Waals surface area contributed by atoms with Crippen LogP contribution in [0.2, 0.25) is 0 Å². The van der Waals surface area contributed by atoms with E-state index in [-0.39, 0.29) is 12.1 Å². The van der Waals surface area contributed by atoms with Crippen molar-refractivity contribution in [2.75, 3.05) is 33.3 Å². The number of hydrogen-bond acceptors (Lipinski definition) is 3. The molecule has 1 fully saturated rings. The molecule has 1 heterocycles. The minimum atomic E-state index is -0.0477. The number of nitrogens with one attached hydrogen (secondary N) is 2. The third-order valence-corrected chi connectivity index (χ3v) is 5.51. The van der Waals surface area contributed by atoms with Crippen molar-refractivity contribution in [1.82, 2.24) is 15.5 Å². The average Bonchev–Trinajstić information content (AvgIpc) is 2.85. The van der Waals surface area contributed by atoms with Gasteiger partial charge in [0, 0.05) is 33.3 Å². The lowest BCUT2D eigenvalue weighted by atomic mass is 9.99. The minimum Gasteiger partial charge on any atom is -0.381 e. The van der Waals surface area contributed by atoms with Gasteiger partial charge in [-0.05, 0) is 43.2 Å². The predicted octanol–water partition coefficient (Wildman–Crippen LogP) is 2.86. The molecule has 0 spiro atoms. The van der Waals surface area contributed by atoms with Crippen LogP contribution in [-0.2, 0) is 11.2 Å². The Labute approximate surface area is 151 Å². The third kappa shape index (κ3) is 5.19. The molecule has 2 aliphatic rings. The zero-order chi connectivity index (χ0) is 17.5. The number of hydrogen-bond donors (Lipinski definition) is 2. The van der Waals surface area contributed by atoms with Crippen molar-refractivity contribution in [3.05, 3.63) is 35.4 Å². The third-order valence-electron chi connectivity index (χ3n) is 5.51. The van der Waals surface area contributed by atoms with E-state index in [9.17, 15) is 4.79 Å². The lowest BCUT2D eigenvalue weighted by Gasteiger charge is -2.31. The molecule has 1 aliphatic heterocycles. The summed E-state index contributed by atoms with van der Waals surface area (Å²) in [7, 11) is 1.79. The number of rotatable bonds is 5. The topological polar surface area (TPSA) is 53.6 Å². The van der Waals surface area contributed by atoms with E-state index in [1.807, 2.05) is 0 Å². The van der Waals surface area contributed by atoms with E-state index in [1.54, 1.807) is 7.11 Å². The number of likely N-dealkylation sites (tertiary alicyclic amines) is 1. The Bertz CT molecular complexity index is 556. The largest absolute Gasteiger partial charge is 0.381 e. The van der Waals surface area contributed by atoms with Gasteiger partial charge < -0.3 is 20.3 Å². The Morgan fingerprint density at radius 3 is 2.80 bits per heavy atom. The molecule has 0 radical (unpaired) electrons. The van der Waals surface area contributed by atoms with Gasteiger partial charge in [0.2, 0.25) is 0 Å². The molecule has 138 valence electrons. The Morgan fingerprint density at radius 1 is 1.20 bits per heavy atom. The van der Waals surface area contributed by atoms with Crippen LogP contribution in [-0.4, -0.2) is 50.3 Å². The van der Waals surface area contributed by atoms with Crippen LogP contribution in [0.1, 0.15) is 49.3 Å². The highest BCUT2D eigenvalue weighted by Crippen LogP contribution is 2.28. The number of nitrogens with zero attached hydrogens (tertiary/aromatic N) is 1. The molecule has 3 rings (SSSR count). The highest BCUT2D eigenvalue weighted by Gasteiger charge is 2.21. The molecule has 2 amide bonds. The number of amides is 2. The van der Waals surface area contributed by atoms with Gasteiger partial charge in [-0.25, -0.2) is 4.79 Å². The lowest BCUT2D eigenvalue weighted by Crippen LogP contribution is -2.44. The van der Waals surface area contributed by atoms with Crippen molar-refractivity contribution < 1.29 is 9.53 Å². The molecule has 0 unspecified atom stereocenters. The minimum absolute atomic E-state index is 0.0477. The average molecular weight is 345 g/mol. The van der Waals surface area contributed by atoms with Gasteiger partial charge in [-0.15, -0.1) is 0 Å². The van der Waals surface area contributed by atoms with Crippen molar-refractivity contribution in [3.8, 4) is 0 Å². The van der Waals surface area contributed by atoms with Crippen LogP contribution in [0.5, 0.6) is 0 Å². The van der Waals surface area contributed by atoms with E-state index in [0.717, 1.165) is 51.7 Å². The fourth-order valence-electron chi connectivity index (χ4n) is 3.98. The molecule has 0 saturated carbocycles. The molecule has 1 saturated heterocycles. The first-order chi connectivity index (χ1) is 12.3. The number of ether oxygens (including phenoxy) is 1. The van der Waals surface area contributed by atoms with Gasteiger partial charge in [0.15, 0.2) is 0 Å². The molecule has 5 heteroatoms. The van der Waals surface area contributed by atoms with E-state index >= 15 is 0 Å². The summed E-state index contributed by atoms with van der Waals surface area (Å²) in [4.78, 5) is 14.7. The van der Waals surface area contributed by atoms with Crippen molar-refractivity contribution in [2.24, 2.45) is 0 Å². The van der Waals surface area contributed by atoms with Crippen LogP contribution in [0.15, 0.2) is 24.3 Å². The standard InChI is InChI=1S/C20H31N3O2/c1-25-17-10-13-23(14-11-17)15-12-21-20(24)22-19-9-5-3-7-16-6-2-4-8-18(16)19/h2,4,6,8,17,19H,3,5,7,9-15H2,1H3,(H2,21,22,24)/t19-/m1/s1. The summed E-state index contributed by atoms with van der Waals surface area (Å²) in [5.41, 5.74) is 2.67. The summed E-state index contributed by atoms with van der Waals surface area (Å²) in [5.74, 6) is 0. The Morgan fingerprint density at radius 2 is 2.00 bits per heavy atom. The fourth-order valence-corrected chi connectivity index (χ4v) is 3.98. The first-order valence-corrected chi connectivity index (χ1v) is 9.63. The molecule has 1 aromatic rings. The van der Waals surface area contributed by atoms with Crippen molar-refractivity contribution in [2.45, 2.75) is 50.7 Å². The maximum atomic E-state index is 12.3. The van der Waals surface area contributed by atoms with E-state index in [2.05, 4.69) is 39.8 Å². The van der Waals surface area contributed by atoms with E-state index in [1.165, 1.54) is 17.5 Å². The second kappa shape index (κ2) is 9.20. The van der Waals surface area contributed by atoms with Crippen LogP contribution in [0.25, 0.3) is 0 Å². The van der Waals surface area contributed by atoms with Crippen molar-refractivity contribution in [1.29, 1.82) is 0 Å². The summed E-state index contributed by atoms with van der Waals surface area (Å²) < 4.78 is 5.40. The monoisotopic (exact) mass is 345 g/mol. The first kappa shape index (κ1) is 18.2. The number of carbonyl (C=O) groups excluding carboxylic acids is 1. The van der Waals surface area contributed by atoms with Gasteiger partial charge in [0.1, 0.15) is 0 Å². The van der Waals surface area contributed by atoms with Crippen LogP contribution in [0, 0.1) is 0 Å². The highest BCUT2D eigenvalue weighted by molar-refractivity contribution is 5.74. The van der Waals surface area contributed by atoms with E-state index in [4.69, 9.17) is 4.74 Å². The van der Waals surface area contributed by atoms with Gasteiger partial charge in [-0.3, -0.25) is 0 Å². The molecular formula is C20H31N3O2. The summed E-state index contributed by atoms with van der Waals surface area (Å²) in [6, 6.07) is 8.60. The van der Waals surface area contributed by atoms with Crippen LogP contribution < -0.4 is 10.6 Å². The van der Waals surface area contributed by atoms with E-state index < -0.39 is 0 Å². The number of aryl methyl sites for hydroxylation is 1. The normalized spacial score (nSPS) is 22.0. The number of urea groups is 1. The Hall–Kier alpha value is -1.59. The van der Waals surface area contributed by atoms with Gasteiger partial charge in [-0.1, -0.05) is 30.7 Å². The summed E-state index contributed by atoms with van der Waals surface area (Å²) in [6.45, 7) is 3.71. The Balaban J connectivity index is 1.42. The second-order valence-corrected chi connectivity index (χ2v) is 7.17. The maximum Gasteiger partial charge on any atom is 0.315 e. The number of fused-ring (bicyclic) bond motifs is 1. The van der Waals surface area contributed by atoms with Crippen LogP contribution >= 0.6 is 0 Å². The fraction of sp³-hybridized carbons (Fsp3) is 0.650. The molecule has 1 aliphatic carbocycles. The number of methoxy groups -OCH3 is 1. The van der Waals surface area contributed by atoms with Gasteiger partial charge in [-0.2, -0.15) is 0 Å². The van der Waals surface area contributed by atoms with Crippen LogP contribution in [0.4, 0.5) is 4.79 Å². The molecule has 0 aromatic heterocycles. The highest BCUT2D eigenvalue weighted by atomic mass is 16.5. The summed E-state index contributed by atoms with van der Waals surface area (Å²) >= 11 is 0. The van der Waals surface area contributed by atoms with Gasteiger partial charge in [0.05, 0.1) is 12.1 Å². The zero-order valence-corrected chi connectivity index (χ0v) is 15.3. The van der Waals surface area contributed by atoms with Crippen LogP contribution in [0.3, 0.4) is 0 Å². The van der Waals surface area contributed by atoms with E-state index in [0.29, 0.717) is 12.6 Å². The molecule has 0 bridgehead atoms. The molecule has 1 atom stereocenters. The first-order valence-electron chi connectivity index (χ1n) is 9.63. The van der Waals surface area contributed by atoms with Crippen molar-refractivity contribution in [3.63, 3.8) is 0 Å². The summed E-state index contributed by atoms with van der Waals surface area (Å²) in [6.07, 6.45) is 7.08. The van der Waals surface area contributed by atoms with Gasteiger partial charge >= 0.3 is 6.03 Å². The SMILES string of the molecule is COC1CCN(CCNC(=O)N[C@@H]2CCCCc3ccccc32)CC1.